The maximum absolute atomic E-state index is 11.4. The first kappa shape index (κ1) is 11.7. The molecule has 2 atom stereocenters. The number of carbonyl (C=O) groups excluding carboxylic acids is 1. The third-order valence-corrected chi connectivity index (χ3v) is 3.97. The van der Waals surface area contributed by atoms with Crippen molar-refractivity contribution in [2.45, 2.75) is 51.9 Å². The molecule has 2 rings (SSSR count). The van der Waals surface area contributed by atoms with Gasteiger partial charge in [0.25, 0.3) is 0 Å². The number of carbonyl (C=O) groups is 1. The van der Waals surface area contributed by atoms with E-state index in [4.69, 9.17) is 4.74 Å². The van der Waals surface area contributed by atoms with Crippen LogP contribution in [0.15, 0.2) is 11.6 Å². The Bertz CT molecular complexity index is 280. The minimum atomic E-state index is -0.141. The van der Waals surface area contributed by atoms with Gasteiger partial charge in [0.05, 0.1) is 6.61 Å². The highest BCUT2D eigenvalue weighted by atomic mass is 16.5. The van der Waals surface area contributed by atoms with E-state index in [1.54, 1.807) is 6.08 Å². The molecule has 0 amide bonds. The Balaban J connectivity index is 1.91. The predicted molar refractivity (Wildman–Crippen MR) is 64.0 cm³/mol. The van der Waals surface area contributed by atoms with Gasteiger partial charge < -0.3 is 4.74 Å². The lowest BCUT2D eigenvalue weighted by atomic mass is 9.64. The summed E-state index contributed by atoms with van der Waals surface area (Å²) in [5.41, 5.74) is 1.35. The summed E-state index contributed by atoms with van der Waals surface area (Å²) in [5, 5.41) is 0. The lowest BCUT2D eigenvalue weighted by Crippen LogP contribution is -2.30. The summed E-state index contributed by atoms with van der Waals surface area (Å²) in [5.74, 6) is 1.42. The Kier molecular flexibility index (Phi) is 4.03. The number of allylic oxidation sites excluding steroid dienone is 1. The first-order valence-electron chi connectivity index (χ1n) is 6.68. The average Bonchev–Trinajstić information content (AvgIpc) is 2.22. The molecule has 2 saturated carbocycles. The fourth-order valence-electron chi connectivity index (χ4n) is 3.09. The minimum Gasteiger partial charge on any atom is -0.463 e. The monoisotopic (exact) mass is 222 g/mol. The topological polar surface area (TPSA) is 26.3 Å². The molecule has 0 radical (unpaired) electrons. The summed E-state index contributed by atoms with van der Waals surface area (Å²) in [6.45, 7) is 2.34. The number of ether oxygens (including phenoxy) is 1. The van der Waals surface area contributed by atoms with Crippen molar-refractivity contribution in [1.82, 2.24) is 0 Å². The molecule has 0 N–H and O–H groups in total. The highest BCUT2D eigenvalue weighted by Gasteiger charge is 2.35. The van der Waals surface area contributed by atoms with Gasteiger partial charge in [0, 0.05) is 6.08 Å². The Morgan fingerprint density at radius 2 is 2.06 bits per heavy atom. The molecule has 2 unspecified atom stereocenters. The normalized spacial score (nSPS) is 32.2. The molecule has 2 fully saturated rings. The first-order chi connectivity index (χ1) is 7.81. The van der Waals surface area contributed by atoms with Gasteiger partial charge in [-0.3, -0.25) is 0 Å². The molecule has 2 aliphatic rings. The zero-order valence-electron chi connectivity index (χ0n) is 10.2. The number of rotatable bonds is 2. The summed E-state index contributed by atoms with van der Waals surface area (Å²) in [7, 11) is 0. The van der Waals surface area contributed by atoms with E-state index in [9.17, 15) is 4.79 Å². The van der Waals surface area contributed by atoms with Crippen LogP contribution in [-0.4, -0.2) is 12.6 Å². The molecule has 0 aliphatic heterocycles. The predicted octanol–water partition coefficient (Wildman–Crippen LogP) is 3.47. The van der Waals surface area contributed by atoms with E-state index in [1.807, 2.05) is 6.92 Å². The smallest absolute Gasteiger partial charge is 0.330 e. The van der Waals surface area contributed by atoms with Gasteiger partial charge in [-0.05, 0) is 38.0 Å². The van der Waals surface area contributed by atoms with Crippen LogP contribution in [-0.2, 0) is 9.53 Å². The van der Waals surface area contributed by atoms with E-state index in [0.29, 0.717) is 12.5 Å². The number of esters is 1. The lowest BCUT2D eigenvalue weighted by molar-refractivity contribution is -0.137. The van der Waals surface area contributed by atoms with Crippen molar-refractivity contribution in [2.24, 2.45) is 11.8 Å². The Labute approximate surface area is 98.1 Å². The van der Waals surface area contributed by atoms with Crippen LogP contribution < -0.4 is 0 Å². The lowest BCUT2D eigenvalue weighted by Gasteiger charge is -2.41. The second kappa shape index (κ2) is 5.51. The van der Waals surface area contributed by atoms with E-state index >= 15 is 0 Å². The van der Waals surface area contributed by atoms with Crippen LogP contribution >= 0.6 is 0 Å². The summed E-state index contributed by atoms with van der Waals surface area (Å²) < 4.78 is 4.97. The molecule has 2 heteroatoms. The zero-order valence-corrected chi connectivity index (χ0v) is 10.2. The van der Waals surface area contributed by atoms with Gasteiger partial charge in [0.2, 0.25) is 0 Å². The van der Waals surface area contributed by atoms with Crippen molar-refractivity contribution in [2.75, 3.05) is 6.61 Å². The molecule has 0 heterocycles. The molecule has 90 valence electrons. The molecule has 0 bridgehead atoms. The third kappa shape index (κ3) is 2.66. The van der Waals surface area contributed by atoms with Crippen LogP contribution in [0.3, 0.4) is 0 Å². The fraction of sp³-hybridized carbons (Fsp3) is 0.786. The highest BCUT2D eigenvalue weighted by molar-refractivity contribution is 5.83. The average molecular weight is 222 g/mol. The number of hydrogen-bond acceptors (Lipinski definition) is 2. The van der Waals surface area contributed by atoms with E-state index < -0.39 is 0 Å². The third-order valence-electron chi connectivity index (χ3n) is 3.97. The molecule has 0 aromatic heterocycles. The maximum Gasteiger partial charge on any atom is 0.330 e. The molecule has 2 nitrogen and oxygen atoms in total. The number of fused-ring (bicyclic) bond motifs is 1. The van der Waals surface area contributed by atoms with Crippen LogP contribution in [0.2, 0.25) is 0 Å². The van der Waals surface area contributed by atoms with Crippen molar-refractivity contribution in [3.05, 3.63) is 11.6 Å². The second-order valence-electron chi connectivity index (χ2n) is 5.03. The largest absolute Gasteiger partial charge is 0.463 e. The Morgan fingerprint density at radius 1 is 1.31 bits per heavy atom. The van der Waals surface area contributed by atoms with Crippen molar-refractivity contribution in [3.8, 4) is 0 Å². The van der Waals surface area contributed by atoms with Gasteiger partial charge in [-0.1, -0.05) is 31.3 Å². The van der Waals surface area contributed by atoms with Crippen molar-refractivity contribution >= 4 is 5.97 Å². The van der Waals surface area contributed by atoms with Crippen LogP contribution in [0.5, 0.6) is 0 Å². The van der Waals surface area contributed by atoms with E-state index in [2.05, 4.69) is 0 Å². The van der Waals surface area contributed by atoms with Crippen molar-refractivity contribution in [1.29, 1.82) is 0 Å². The second-order valence-corrected chi connectivity index (χ2v) is 5.03. The first-order valence-corrected chi connectivity index (χ1v) is 6.68. The molecule has 0 spiro atoms. The minimum absolute atomic E-state index is 0.141. The molecule has 16 heavy (non-hydrogen) atoms. The van der Waals surface area contributed by atoms with Crippen LogP contribution in [0.4, 0.5) is 0 Å². The fourth-order valence-corrected chi connectivity index (χ4v) is 3.09. The van der Waals surface area contributed by atoms with Gasteiger partial charge >= 0.3 is 5.97 Å². The van der Waals surface area contributed by atoms with Gasteiger partial charge in [-0.2, -0.15) is 0 Å². The van der Waals surface area contributed by atoms with Gasteiger partial charge in [0.15, 0.2) is 0 Å². The molecule has 0 saturated heterocycles. The van der Waals surface area contributed by atoms with Crippen molar-refractivity contribution < 1.29 is 9.53 Å². The Morgan fingerprint density at radius 3 is 2.81 bits per heavy atom. The zero-order chi connectivity index (χ0) is 11.4. The van der Waals surface area contributed by atoms with Crippen LogP contribution in [0, 0.1) is 11.8 Å². The number of hydrogen-bond donors (Lipinski definition) is 0. The van der Waals surface area contributed by atoms with Gasteiger partial charge in [-0.15, -0.1) is 0 Å². The summed E-state index contributed by atoms with van der Waals surface area (Å²) in [6, 6.07) is 0. The SMILES string of the molecule is CCOC(=O)/C=C1\CC2CCCCCCC12. The Hall–Kier alpha value is -0.790. The van der Waals surface area contributed by atoms with Crippen molar-refractivity contribution in [3.63, 3.8) is 0 Å². The van der Waals surface area contributed by atoms with E-state index in [-0.39, 0.29) is 5.97 Å². The van der Waals surface area contributed by atoms with E-state index in [0.717, 1.165) is 12.3 Å². The van der Waals surface area contributed by atoms with E-state index in [1.165, 1.54) is 44.1 Å². The quantitative estimate of drug-likeness (QED) is 0.528. The molecule has 2 aliphatic carbocycles. The summed E-state index contributed by atoms with van der Waals surface area (Å²) in [4.78, 5) is 11.4. The molecule has 0 aromatic rings. The summed E-state index contributed by atoms with van der Waals surface area (Å²) in [6.07, 6.45) is 11.0. The van der Waals surface area contributed by atoms with Gasteiger partial charge in [0.1, 0.15) is 0 Å². The molecular weight excluding hydrogens is 200 g/mol. The standard InChI is InChI=1S/C14H22O2/c1-2-16-14(15)10-12-9-11-7-5-3-4-6-8-13(11)12/h10-11,13H,2-9H2,1H3/b12-10+. The molecule has 0 aromatic carbocycles. The molecular formula is C14H22O2. The summed E-state index contributed by atoms with van der Waals surface area (Å²) >= 11 is 0. The maximum atomic E-state index is 11.4. The van der Waals surface area contributed by atoms with Crippen LogP contribution in [0.25, 0.3) is 0 Å². The van der Waals surface area contributed by atoms with Gasteiger partial charge in [-0.25, -0.2) is 4.79 Å². The van der Waals surface area contributed by atoms with Crippen LogP contribution in [0.1, 0.15) is 51.9 Å². The highest BCUT2D eigenvalue weighted by Crippen LogP contribution is 2.46.